The molecular weight excluding hydrogens is 356 g/mol. The van der Waals surface area contributed by atoms with Gasteiger partial charge in [-0.2, -0.15) is 4.98 Å². The maximum Gasteiger partial charge on any atom is 0.299 e. The molecule has 1 unspecified atom stereocenters. The summed E-state index contributed by atoms with van der Waals surface area (Å²) in [4.78, 5) is 27.5. The molecule has 0 aliphatic carbocycles. The number of hydrogen-bond donors (Lipinski definition) is 1. The molecule has 0 spiro atoms. The Morgan fingerprint density at radius 1 is 1.36 bits per heavy atom. The second kappa shape index (κ2) is 8.00. The molecule has 1 saturated heterocycles. The molecule has 3 aromatic heterocycles. The van der Waals surface area contributed by atoms with Crippen molar-refractivity contribution >= 4 is 23.2 Å². The zero-order chi connectivity index (χ0) is 19.5. The van der Waals surface area contributed by atoms with Crippen LogP contribution in [0, 0.1) is 19.8 Å². The quantitative estimate of drug-likeness (QED) is 0.704. The Labute approximate surface area is 164 Å². The number of carbonyl (C=O) groups is 1. The van der Waals surface area contributed by atoms with E-state index in [4.69, 9.17) is 4.42 Å². The number of pyridine rings is 1. The molecule has 8 nitrogen and oxygen atoms in total. The van der Waals surface area contributed by atoms with Gasteiger partial charge in [0.05, 0.1) is 12.0 Å². The third-order valence-corrected chi connectivity index (χ3v) is 5.44. The number of nitrogens with zero attached hydrogens (tertiary/aromatic N) is 5. The zero-order valence-electron chi connectivity index (χ0n) is 16.4. The van der Waals surface area contributed by atoms with Crippen LogP contribution in [0.1, 0.15) is 30.7 Å². The van der Waals surface area contributed by atoms with E-state index in [-0.39, 0.29) is 5.91 Å². The van der Waals surface area contributed by atoms with E-state index in [1.807, 2.05) is 32.3 Å². The average molecular weight is 382 g/mol. The molecule has 0 radical (unpaired) electrons. The number of aromatic nitrogens is 4. The summed E-state index contributed by atoms with van der Waals surface area (Å²) < 4.78 is 7.90. The van der Waals surface area contributed by atoms with Crippen molar-refractivity contribution in [1.82, 2.24) is 24.8 Å². The van der Waals surface area contributed by atoms with Gasteiger partial charge >= 0.3 is 0 Å². The van der Waals surface area contributed by atoms with E-state index in [0.717, 1.165) is 43.9 Å². The van der Waals surface area contributed by atoms with Crippen LogP contribution in [-0.4, -0.2) is 45.1 Å². The SMILES string of the molecule is Cc1ncn(CCNC(=O)CC2CCCN(c3nc4ncccc4o3)C2)c1C. The van der Waals surface area contributed by atoms with Gasteiger partial charge in [-0.15, -0.1) is 0 Å². The Morgan fingerprint density at radius 2 is 2.25 bits per heavy atom. The first-order valence-electron chi connectivity index (χ1n) is 9.81. The molecule has 1 atom stereocenters. The van der Waals surface area contributed by atoms with Gasteiger partial charge in [0.2, 0.25) is 11.6 Å². The number of hydrogen-bond acceptors (Lipinski definition) is 6. The maximum atomic E-state index is 12.4. The summed E-state index contributed by atoms with van der Waals surface area (Å²) in [5, 5.41) is 3.04. The molecule has 1 aliphatic heterocycles. The highest BCUT2D eigenvalue weighted by atomic mass is 16.4. The molecule has 4 heterocycles. The van der Waals surface area contributed by atoms with Crippen LogP contribution in [0.3, 0.4) is 0 Å². The lowest BCUT2D eigenvalue weighted by molar-refractivity contribution is -0.122. The highest BCUT2D eigenvalue weighted by Gasteiger charge is 2.25. The van der Waals surface area contributed by atoms with E-state index in [0.29, 0.717) is 36.1 Å². The smallest absolute Gasteiger partial charge is 0.299 e. The first-order chi connectivity index (χ1) is 13.6. The van der Waals surface area contributed by atoms with E-state index in [9.17, 15) is 4.79 Å². The second-order valence-corrected chi connectivity index (χ2v) is 7.44. The standard InChI is InChI=1S/C20H26N6O2/c1-14-15(2)26(13-23-14)10-8-21-18(27)11-16-5-4-9-25(12-16)20-24-19-17(28-20)6-3-7-22-19/h3,6-7,13,16H,4-5,8-12H2,1-2H3,(H,21,27). The predicted octanol–water partition coefficient (Wildman–Crippen LogP) is 2.46. The van der Waals surface area contributed by atoms with Crippen LogP contribution in [0.25, 0.3) is 11.2 Å². The monoisotopic (exact) mass is 382 g/mol. The highest BCUT2D eigenvalue weighted by molar-refractivity contribution is 5.76. The number of anilines is 1. The number of piperidine rings is 1. The fourth-order valence-electron chi connectivity index (χ4n) is 3.72. The number of imidazole rings is 1. The number of fused-ring (bicyclic) bond motifs is 1. The summed E-state index contributed by atoms with van der Waals surface area (Å²) in [6.45, 7) is 7.06. The van der Waals surface area contributed by atoms with Crippen molar-refractivity contribution in [3.8, 4) is 0 Å². The van der Waals surface area contributed by atoms with Crippen LogP contribution < -0.4 is 10.2 Å². The number of nitrogens with one attached hydrogen (secondary N) is 1. The van der Waals surface area contributed by atoms with Crippen LogP contribution in [0.2, 0.25) is 0 Å². The van der Waals surface area contributed by atoms with Crippen molar-refractivity contribution < 1.29 is 9.21 Å². The van der Waals surface area contributed by atoms with E-state index in [1.54, 1.807) is 6.20 Å². The van der Waals surface area contributed by atoms with Gasteiger partial charge in [0.15, 0.2) is 5.58 Å². The molecule has 8 heteroatoms. The van der Waals surface area contributed by atoms with Crippen molar-refractivity contribution in [1.29, 1.82) is 0 Å². The van der Waals surface area contributed by atoms with E-state index in [2.05, 4.69) is 29.7 Å². The molecule has 4 rings (SSSR count). The van der Waals surface area contributed by atoms with Gasteiger partial charge in [0.1, 0.15) is 0 Å². The molecule has 0 saturated carbocycles. The Hall–Kier alpha value is -2.90. The molecule has 1 aliphatic rings. The van der Waals surface area contributed by atoms with Gasteiger partial charge in [0.25, 0.3) is 6.01 Å². The van der Waals surface area contributed by atoms with Gasteiger partial charge in [0, 0.05) is 44.5 Å². The number of carbonyl (C=O) groups excluding carboxylic acids is 1. The fraction of sp³-hybridized carbons (Fsp3) is 0.500. The van der Waals surface area contributed by atoms with E-state index in [1.165, 1.54) is 0 Å². The molecule has 28 heavy (non-hydrogen) atoms. The van der Waals surface area contributed by atoms with E-state index >= 15 is 0 Å². The third-order valence-electron chi connectivity index (χ3n) is 5.44. The van der Waals surface area contributed by atoms with Crippen molar-refractivity contribution in [2.24, 2.45) is 5.92 Å². The second-order valence-electron chi connectivity index (χ2n) is 7.44. The summed E-state index contributed by atoms with van der Waals surface area (Å²) >= 11 is 0. The molecule has 3 aromatic rings. The van der Waals surface area contributed by atoms with Crippen LogP contribution in [-0.2, 0) is 11.3 Å². The molecule has 0 bridgehead atoms. The fourth-order valence-corrected chi connectivity index (χ4v) is 3.72. The van der Waals surface area contributed by atoms with Crippen molar-refractivity contribution in [3.05, 3.63) is 36.0 Å². The van der Waals surface area contributed by atoms with E-state index < -0.39 is 0 Å². The number of aryl methyl sites for hydroxylation is 1. The zero-order valence-corrected chi connectivity index (χ0v) is 16.4. The Kier molecular flexibility index (Phi) is 5.27. The van der Waals surface area contributed by atoms with Crippen LogP contribution in [0.4, 0.5) is 6.01 Å². The minimum Gasteiger partial charge on any atom is -0.422 e. The van der Waals surface area contributed by atoms with Gasteiger partial charge < -0.3 is 19.2 Å². The predicted molar refractivity (Wildman–Crippen MR) is 106 cm³/mol. The summed E-state index contributed by atoms with van der Waals surface area (Å²) in [6.07, 6.45) is 6.13. The number of oxazole rings is 1. The summed E-state index contributed by atoms with van der Waals surface area (Å²) in [7, 11) is 0. The Balaban J connectivity index is 1.28. The molecular formula is C20H26N6O2. The van der Waals surface area contributed by atoms with Gasteiger partial charge in [-0.05, 0) is 44.7 Å². The number of rotatable bonds is 6. The number of amides is 1. The molecule has 0 aromatic carbocycles. The summed E-state index contributed by atoms with van der Waals surface area (Å²) in [6, 6.07) is 4.31. The first-order valence-corrected chi connectivity index (χ1v) is 9.81. The van der Waals surface area contributed by atoms with Gasteiger partial charge in [-0.1, -0.05) is 0 Å². The van der Waals surface area contributed by atoms with Crippen LogP contribution in [0.5, 0.6) is 0 Å². The minimum atomic E-state index is 0.0978. The minimum absolute atomic E-state index is 0.0978. The van der Waals surface area contributed by atoms with Crippen LogP contribution >= 0.6 is 0 Å². The van der Waals surface area contributed by atoms with Gasteiger partial charge in [-0.3, -0.25) is 4.79 Å². The van der Waals surface area contributed by atoms with Crippen molar-refractivity contribution in [2.75, 3.05) is 24.5 Å². The lowest BCUT2D eigenvalue weighted by Crippen LogP contribution is -2.38. The Morgan fingerprint density at radius 3 is 3.04 bits per heavy atom. The van der Waals surface area contributed by atoms with Crippen molar-refractivity contribution in [2.45, 2.75) is 39.7 Å². The van der Waals surface area contributed by atoms with Crippen LogP contribution in [0.15, 0.2) is 29.1 Å². The molecule has 1 amide bonds. The normalized spacial score (nSPS) is 17.2. The summed E-state index contributed by atoms with van der Waals surface area (Å²) in [5.74, 6) is 0.398. The average Bonchev–Trinajstić information content (AvgIpc) is 3.27. The highest BCUT2D eigenvalue weighted by Crippen LogP contribution is 2.26. The maximum absolute atomic E-state index is 12.4. The molecule has 1 fully saturated rings. The first kappa shape index (κ1) is 18.5. The lowest BCUT2D eigenvalue weighted by atomic mass is 9.95. The third kappa shape index (κ3) is 4.00. The largest absolute Gasteiger partial charge is 0.422 e. The molecule has 1 N–H and O–H groups in total. The lowest BCUT2D eigenvalue weighted by Gasteiger charge is -2.31. The molecule has 148 valence electrons. The Bertz CT molecular complexity index is 930. The summed E-state index contributed by atoms with van der Waals surface area (Å²) in [5.41, 5.74) is 3.50. The van der Waals surface area contributed by atoms with Gasteiger partial charge in [-0.25, -0.2) is 9.97 Å². The van der Waals surface area contributed by atoms with Crippen molar-refractivity contribution in [3.63, 3.8) is 0 Å². The topological polar surface area (TPSA) is 89.1 Å².